The van der Waals surface area contributed by atoms with Crippen molar-refractivity contribution in [2.24, 2.45) is 10.9 Å². The van der Waals surface area contributed by atoms with Crippen LogP contribution < -0.4 is 20.7 Å². The number of amides is 1. The smallest absolute Gasteiger partial charge is 0.227 e. The summed E-state index contributed by atoms with van der Waals surface area (Å²) >= 11 is 0. The van der Waals surface area contributed by atoms with E-state index in [4.69, 9.17) is 4.74 Å². The average Bonchev–Trinajstić information content (AvgIpc) is 3.56. The number of aliphatic imine (C=N–C) groups is 1. The van der Waals surface area contributed by atoms with Crippen molar-refractivity contribution in [3.8, 4) is 5.75 Å². The Morgan fingerprint density at radius 1 is 1.31 bits per heavy atom. The van der Waals surface area contributed by atoms with Crippen LogP contribution in [0.15, 0.2) is 41.4 Å². The van der Waals surface area contributed by atoms with Gasteiger partial charge in [-0.2, -0.15) is 0 Å². The zero-order valence-corrected chi connectivity index (χ0v) is 21.0. The fourth-order valence-corrected chi connectivity index (χ4v) is 2.99. The van der Waals surface area contributed by atoms with E-state index in [1.54, 1.807) is 19.2 Å². The summed E-state index contributed by atoms with van der Waals surface area (Å²) in [6, 6.07) is 10.3. The van der Waals surface area contributed by atoms with E-state index in [9.17, 15) is 9.18 Å². The van der Waals surface area contributed by atoms with Gasteiger partial charge in [0.2, 0.25) is 5.91 Å². The second-order valence-electron chi connectivity index (χ2n) is 7.77. The van der Waals surface area contributed by atoms with Gasteiger partial charge in [-0.3, -0.25) is 9.79 Å². The summed E-state index contributed by atoms with van der Waals surface area (Å²) in [5, 5.41) is 9.08. The molecule has 3 rings (SSSR count). The van der Waals surface area contributed by atoms with Crippen LogP contribution in [0.1, 0.15) is 43.5 Å². The molecule has 174 valence electrons. The minimum atomic E-state index is -0.365. The first-order chi connectivity index (χ1) is 14.9. The molecule has 0 saturated heterocycles. The molecule has 7 nitrogen and oxygen atoms in total. The summed E-state index contributed by atoms with van der Waals surface area (Å²) in [5.41, 5.74) is 1.62. The number of hydrogen-bond acceptors (Lipinski definition) is 4. The second-order valence-corrected chi connectivity index (χ2v) is 7.77. The zero-order chi connectivity index (χ0) is 22.2. The van der Waals surface area contributed by atoms with Crippen molar-refractivity contribution < 1.29 is 13.9 Å². The summed E-state index contributed by atoms with van der Waals surface area (Å²) in [6.07, 6.45) is 2.58. The van der Waals surface area contributed by atoms with Crippen molar-refractivity contribution >= 4 is 41.7 Å². The van der Waals surface area contributed by atoms with E-state index < -0.39 is 0 Å². The normalized spacial score (nSPS) is 14.2. The number of aromatic nitrogens is 1. The third-order valence-corrected chi connectivity index (χ3v) is 5.00. The van der Waals surface area contributed by atoms with Crippen LogP contribution in [-0.4, -0.2) is 37.1 Å². The van der Waals surface area contributed by atoms with E-state index in [0.29, 0.717) is 36.6 Å². The Balaban J connectivity index is 0.00000363. The average molecular weight is 555 g/mol. The van der Waals surface area contributed by atoms with Gasteiger partial charge in [-0.1, -0.05) is 12.1 Å². The van der Waals surface area contributed by atoms with E-state index >= 15 is 0 Å². The highest BCUT2D eigenvalue weighted by molar-refractivity contribution is 14.0. The molecule has 1 aliphatic carbocycles. The van der Waals surface area contributed by atoms with Gasteiger partial charge < -0.3 is 20.7 Å². The number of hydrogen-bond donors (Lipinski definition) is 3. The van der Waals surface area contributed by atoms with Crippen LogP contribution in [0.4, 0.5) is 10.2 Å². The Labute approximate surface area is 205 Å². The molecular formula is C23H31FIN5O2. The molecule has 9 heteroatoms. The van der Waals surface area contributed by atoms with Crippen molar-refractivity contribution in [3.63, 3.8) is 0 Å². The molecule has 1 amide bonds. The van der Waals surface area contributed by atoms with E-state index in [-0.39, 0.29) is 48.2 Å². The SMILES string of the molecule is CN=C(NCCC(=O)Nc1cccc(C)n1)NC(C)c1ccc(OCC2CC2)c(F)c1.I. The zero-order valence-electron chi connectivity index (χ0n) is 18.7. The minimum Gasteiger partial charge on any atom is -0.490 e. The van der Waals surface area contributed by atoms with Crippen LogP contribution >= 0.6 is 24.0 Å². The van der Waals surface area contributed by atoms with Gasteiger partial charge in [0, 0.05) is 25.7 Å². The van der Waals surface area contributed by atoms with Crippen LogP contribution in [0.25, 0.3) is 0 Å². The van der Waals surface area contributed by atoms with Gasteiger partial charge in [0.15, 0.2) is 17.5 Å². The van der Waals surface area contributed by atoms with Crippen LogP contribution in [-0.2, 0) is 4.79 Å². The van der Waals surface area contributed by atoms with Gasteiger partial charge in [-0.05, 0) is 62.4 Å². The number of guanidine groups is 1. The predicted octanol–water partition coefficient (Wildman–Crippen LogP) is 4.19. The van der Waals surface area contributed by atoms with Gasteiger partial charge in [-0.15, -0.1) is 24.0 Å². The van der Waals surface area contributed by atoms with Crippen molar-refractivity contribution in [3.05, 3.63) is 53.5 Å². The maximum Gasteiger partial charge on any atom is 0.227 e. The molecule has 1 aromatic carbocycles. The largest absolute Gasteiger partial charge is 0.490 e. The topological polar surface area (TPSA) is 87.6 Å². The molecule has 0 bridgehead atoms. The lowest BCUT2D eigenvalue weighted by atomic mass is 10.1. The number of benzene rings is 1. The highest BCUT2D eigenvalue weighted by Gasteiger charge is 2.22. The molecule has 1 aromatic heterocycles. The Kier molecular flexibility index (Phi) is 10.1. The number of halogens is 2. The molecule has 1 saturated carbocycles. The lowest BCUT2D eigenvalue weighted by Gasteiger charge is -2.19. The summed E-state index contributed by atoms with van der Waals surface area (Å²) in [7, 11) is 1.65. The third kappa shape index (κ3) is 8.25. The van der Waals surface area contributed by atoms with E-state index in [0.717, 1.165) is 24.1 Å². The monoisotopic (exact) mass is 555 g/mol. The van der Waals surface area contributed by atoms with Gasteiger partial charge in [-0.25, -0.2) is 9.37 Å². The first-order valence-electron chi connectivity index (χ1n) is 10.6. The maximum absolute atomic E-state index is 14.3. The van der Waals surface area contributed by atoms with Crippen molar-refractivity contribution in [2.75, 3.05) is 25.5 Å². The molecule has 0 spiro atoms. The molecule has 32 heavy (non-hydrogen) atoms. The third-order valence-electron chi connectivity index (χ3n) is 5.00. The number of nitrogens with one attached hydrogen (secondary N) is 3. The summed E-state index contributed by atoms with van der Waals surface area (Å²) < 4.78 is 19.9. The molecule has 0 aliphatic heterocycles. The Morgan fingerprint density at radius 3 is 2.75 bits per heavy atom. The molecular weight excluding hydrogens is 524 g/mol. The molecule has 2 aromatic rings. The first-order valence-corrected chi connectivity index (χ1v) is 10.6. The first kappa shape index (κ1) is 25.8. The van der Waals surface area contributed by atoms with Crippen LogP contribution in [0.2, 0.25) is 0 Å². The fourth-order valence-electron chi connectivity index (χ4n) is 2.99. The van der Waals surface area contributed by atoms with E-state index in [1.165, 1.54) is 6.07 Å². The summed E-state index contributed by atoms with van der Waals surface area (Å²) in [4.78, 5) is 20.5. The number of rotatable bonds is 9. The van der Waals surface area contributed by atoms with Gasteiger partial charge in [0.25, 0.3) is 0 Å². The molecule has 1 fully saturated rings. The molecule has 1 unspecified atom stereocenters. The number of carbonyl (C=O) groups excluding carboxylic acids is 1. The summed E-state index contributed by atoms with van der Waals surface area (Å²) in [5.74, 6) is 1.42. The molecule has 1 aliphatic rings. The Morgan fingerprint density at radius 2 is 2.09 bits per heavy atom. The van der Waals surface area contributed by atoms with Crippen LogP contribution in [0, 0.1) is 18.7 Å². The minimum absolute atomic E-state index is 0. The maximum atomic E-state index is 14.3. The van der Waals surface area contributed by atoms with Crippen LogP contribution in [0.3, 0.4) is 0 Å². The summed E-state index contributed by atoms with van der Waals surface area (Å²) in [6.45, 7) is 4.76. The van der Waals surface area contributed by atoms with Gasteiger partial charge >= 0.3 is 0 Å². The quantitative estimate of drug-likeness (QED) is 0.246. The molecule has 0 radical (unpaired) electrons. The second kappa shape index (κ2) is 12.6. The van der Waals surface area contributed by atoms with Gasteiger partial charge in [0.1, 0.15) is 5.82 Å². The van der Waals surface area contributed by atoms with Crippen molar-refractivity contribution in [2.45, 2.75) is 39.2 Å². The number of anilines is 1. The molecule has 1 heterocycles. The Bertz CT molecular complexity index is 936. The highest BCUT2D eigenvalue weighted by Crippen LogP contribution is 2.30. The molecule has 1 atom stereocenters. The fraction of sp³-hybridized carbons (Fsp3) is 0.435. The molecule has 3 N–H and O–H groups in total. The number of aryl methyl sites for hydroxylation is 1. The predicted molar refractivity (Wildman–Crippen MR) is 135 cm³/mol. The number of nitrogens with zero attached hydrogens (tertiary/aromatic N) is 2. The van der Waals surface area contributed by atoms with E-state index in [1.807, 2.05) is 32.0 Å². The van der Waals surface area contributed by atoms with E-state index in [2.05, 4.69) is 25.9 Å². The number of carbonyl (C=O) groups is 1. The number of pyridine rings is 1. The number of ether oxygens (including phenoxy) is 1. The lowest BCUT2D eigenvalue weighted by Crippen LogP contribution is -2.40. The lowest BCUT2D eigenvalue weighted by molar-refractivity contribution is -0.116. The highest BCUT2D eigenvalue weighted by atomic mass is 127. The van der Waals surface area contributed by atoms with Gasteiger partial charge in [0.05, 0.1) is 12.6 Å². The van der Waals surface area contributed by atoms with Crippen LogP contribution in [0.5, 0.6) is 5.75 Å². The van der Waals surface area contributed by atoms with Crippen molar-refractivity contribution in [1.29, 1.82) is 0 Å². The van der Waals surface area contributed by atoms with Crippen molar-refractivity contribution in [1.82, 2.24) is 15.6 Å². The Hall–Kier alpha value is -2.43. The standard InChI is InChI=1S/C23H30FN5O2.HI/c1-15-5-4-6-21(27-15)29-22(30)11-12-26-23(25-3)28-16(2)18-9-10-20(19(24)13-18)31-14-17-7-8-17;/h4-6,9-10,13,16-17H,7-8,11-12,14H2,1-3H3,(H2,25,26,28)(H,27,29,30);1H.